The molecule has 1 spiro atoms. The summed E-state index contributed by atoms with van der Waals surface area (Å²) in [4.78, 5) is 25.6. The molecule has 0 radical (unpaired) electrons. The minimum atomic E-state index is -0.0250. The Morgan fingerprint density at radius 1 is 1.31 bits per heavy atom. The van der Waals surface area contributed by atoms with Gasteiger partial charge in [0.2, 0.25) is 0 Å². The van der Waals surface area contributed by atoms with Crippen molar-refractivity contribution in [3.8, 4) is 0 Å². The minimum Gasteiger partial charge on any atom is -0.348 e. The summed E-state index contributed by atoms with van der Waals surface area (Å²) in [6.07, 6.45) is 6.71. The van der Waals surface area contributed by atoms with Gasteiger partial charge in [0.05, 0.1) is 17.6 Å². The molecule has 2 aliphatic heterocycles. The molecule has 2 aliphatic rings. The third-order valence-corrected chi connectivity index (χ3v) is 6.02. The van der Waals surface area contributed by atoms with Crippen molar-refractivity contribution in [3.05, 3.63) is 41.7 Å². The molecule has 0 aromatic carbocycles. The van der Waals surface area contributed by atoms with Gasteiger partial charge >= 0.3 is 0 Å². The number of hydrogen-bond acceptors (Lipinski definition) is 3. The molecule has 4 heterocycles. The predicted molar refractivity (Wildman–Crippen MR) is 101 cm³/mol. The Bertz CT molecular complexity index is 782. The normalized spacial score (nSPS) is 19.9. The molecule has 4 rings (SSSR count). The molecule has 26 heavy (non-hydrogen) atoms. The summed E-state index contributed by atoms with van der Waals surface area (Å²) in [6, 6.07) is 3.84. The standard InChI is InChI=1S/C20H29N5O/c1-15(2)13-25-10-6-16-18(22-14-21-16)20(25)7-11-24(12-8-20)19(26)17-5-4-9-23(17)3/h4-5,9,14-15H,6-8,10-13H2,1-3H3,(H,21,22). The Labute approximate surface area is 155 Å². The molecule has 0 unspecified atom stereocenters. The van der Waals surface area contributed by atoms with E-state index in [9.17, 15) is 4.79 Å². The summed E-state index contributed by atoms with van der Waals surface area (Å²) < 4.78 is 1.91. The molecule has 0 atom stereocenters. The number of piperidine rings is 1. The second-order valence-corrected chi connectivity index (χ2v) is 8.15. The number of aromatic nitrogens is 3. The molecule has 2 aromatic rings. The van der Waals surface area contributed by atoms with E-state index in [1.54, 1.807) is 0 Å². The van der Waals surface area contributed by atoms with Crippen molar-refractivity contribution in [2.75, 3.05) is 26.2 Å². The van der Waals surface area contributed by atoms with Crippen LogP contribution in [-0.4, -0.2) is 56.4 Å². The number of nitrogens with one attached hydrogen (secondary N) is 1. The Morgan fingerprint density at radius 3 is 2.73 bits per heavy atom. The van der Waals surface area contributed by atoms with Crippen LogP contribution in [0, 0.1) is 5.92 Å². The second-order valence-electron chi connectivity index (χ2n) is 8.15. The zero-order chi connectivity index (χ0) is 18.3. The Hall–Kier alpha value is -2.08. The molecule has 0 aliphatic carbocycles. The van der Waals surface area contributed by atoms with E-state index in [0.29, 0.717) is 5.92 Å². The van der Waals surface area contributed by atoms with E-state index in [1.807, 2.05) is 41.2 Å². The average molecular weight is 355 g/mol. The van der Waals surface area contributed by atoms with Crippen LogP contribution in [0.5, 0.6) is 0 Å². The van der Waals surface area contributed by atoms with Gasteiger partial charge in [-0.05, 0) is 30.9 Å². The summed E-state index contributed by atoms with van der Waals surface area (Å²) in [5.41, 5.74) is 3.25. The van der Waals surface area contributed by atoms with Crippen LogP contribution in [0.25, 0.3) is 0 Å². The average Bonchev–Trinajstić information content (AvgIpc) is 3.26. The summed E-state index contributed by atoms with van der Waals surface area (Å²) in [5.74, 6) is 0.760. The monoisotopic (exact) mass is 355 g/mol. The van der Waals surface area contributed by atoms with Gasteiger partial charge in [-0.2, -0.15) is 0 Å². The third-order valence-electron chi connectivity index (χ3n) is 6.02. The van der Waals surface area contributed by atoms with Crippen molar-refractivity contribution in [2.24, 2.45) is 13.0 Å². The van der Waals surface area contributed by atoms with Crippen molar-refractivity contribution in [1.29, 1.82) is 0 Å². The van der Waals surface area contributed by atoms with Gasteiger partial charge < -0.3 is 14.5 Å². The zero-order valence-electron chi connectivity index (χ0n) is 16.0. The van der Waals surface area contributed by atoms with Gasteiger partial charge in [0.1, 0.15) is 5.69 Å². The van der Waals surface area contributed by atoms with E-state index in [2.05, 4.69) is 23.7 Å². The van der Waals surface area contributed by atoms with Crippen LogP contribution in [-0.2, 0) is 19.0 Å². The number of hydrogen-bond donors (Lipinski definition) is 1. The molecular weight excluding hydrogens is 326 g/mol. The first-order valence-corrected chi connectivity index (χ1v) is 9.69. The fourth-order valence-corrected chi connectivity index (χ4v) is 4.71. The molecule has 1 fully saturated rings. The lowest BCUT2D eigenvalue weighted by molar-refractivity contribution is 0.000367. The Kier molecular flexibility index (Phi) is 4.39. The van der Waals surface area contributed by atoms with E-state index in [1.165, 1.54) is 11.4 Å². The summed E-state index contributed by atoms with van der Waals surface area (Å²) in [6.45, 7) is 8.27. The number of rotatable bonds is 3. The molecule has 6 nitrogen and oxygen atoms in total. The van der Waals surface area contributed by atoms with E-state index >= 15 is 0 Å². The van der Waals surface area contributed by atoms with Gasteiger partial charge in [-0.15, -0.1) is 0 Å². The lowest BCUT2D eigenvalue weighted by atomic mass is 9.78. The van der Waals surface area contributed by atoms with Gasteiger partial charge in [0, 0.05) is 51.5 Å². The molecule has 1 saturated heterocycles. The Morgan fingerprint density at radius 2 is 2.08 bits per heavy atom. The highest BCUT2D eigenvalue weighted by Gasteiger charge is 2.47. The molecular formula is C20H29N5O. The summed E-state index contributed by atoms with van der Waals surface area (Å²) in [5, 5.41) is 0. The van der Waals surface area contributed by atoms with Crippen LogP contribution < -0.4 is 0 Å². The number of carbonyl (C=O) groups excluding carboxylic acids is 1. The summed E-state index contributed by atoms with van der Waals surface area (Å²) in [7, 11) is 1.93. The first-order chi connectivity index (χ1) is 12.5. The Balaban J connectivity index is 1.57. The molecule has 1 N–H and O–H groups in total. The third kappa shape index (κ3) is 2.76. The van der Waals surface area contributed by atoms with Crippen molar-refractivity contribution < 1.29 is 4.79 Å². The molecule has 2 aromatic heterocycles. The molecule has 6 heteroatoms. The number of imidazole rings is 1. The van der Waals surface area contributed by atoms with Crippen LogP contribution in [0.2, 0.25) is 0 Å². The maximum Gasteiger partial charge on any atom is 0.270 e. The topological polar surface area (TPSA) is 57.2 Å². The number of aromatic amines is 1. The minimum absolute atomic E-state index is 0.0250. The number of carbonyl (C=O) groups is 1. The van der Waals surface area contributed by atoms with Crippen molar-refractivity contribution >= 4 is 5.91 Å². The molecule has 0 saturated carbocycles. The largest absolute Gasteiger partial charge is 0.348 e. The van der Waals surface area contributed by atoms with Crippen molar-refractivity contribution in [3.63, 3.8) is 0 Å². The highest BCUT2D eigenvalue weighted by molar-refractivity contribution is 5.92. The molecule has 140 valence electrons. The zero-order valence-corrected chi connectivity index (χ0v) is 16.0. The van der Waals surface area contributed by atoms with E-state index in [0.717, 1.165) is 51.1 Å². The first kappa shape index (κ1) is 17.3. The van der Waals surface area contributed by atoms with Crippen molar-refractivity contribution in [2.45, 2.75) is 38.6 Å². The first-order valence-electron chi connectivity index (χ1n) is 9.69. The van der Waals surface area contributed by atoms with Gasteiger partial charge in [0.25, 0.3) is 5.91 Å². The van der Waals surface area contributed by atoms with Crippen LogP contribution in [0.3, 0.4) is 0 Å². The van der Waals surface area contributed by atoms with Crippen LogP contribution >= 0.6 is 0 Å². The van der Waals surface area contributed by atoms with E-state index in [4.69, 9.17) is 4.98 Å². The van der Waals surface area contributed by atoms with Gasteiger partial charge in [-0.3, -0.25) is 9.69 Å². The number of amides is 1. The van der Waals surface area contributed by atoms with Gasteiger partial charge in [-0.1, -0.05) is 13.8 Å². The number of fused-ring (bicyclic) bond motifs is 2. The van der Waals surface area contributed by atoms with E-state index < -0.39 is 0 Å². The fraction of sp³-hybridized carbons (Fsp3) is 0.600. The van der Waals surface area contributed by atoms with Crippen LogP contribution in [0.4, 0.5) is 0 Å². The van der Waals surface area contributed by atoms with Gasteiger partial charge in [0.15, 0.2) is 0 Å². The lowest BCUT2D eigenvalue weighted by Crippen LogP contribution is -2.57. The summed E-state index contributed by atoms with van der Waals surface area (Å²) >= 11 is 0. The highest BCUT2D eigenvalue weighted by Crippen LogP contribution is 2.42. The van der Waals surface area contributed by atoms with E-state index in [-0.39, 0.29) is 11.4 Å². The van der Waals surface area contributed by atoms with Crippen molar-refractivity contribution in [1.82, 2.24) is 24.3 Å². The SMILES string of the molecule is CC(C)CN1CCc2[nH]cnc2C12CCN(C(=O)c1cccn1C)CC2. The van der Waals surface area contributed by atoms with Gasteiger partial charge in [-0.25, -0.2) is 4.98 Å². The fourth-order valence-electron chi connectivity index (χ4n) is 4.71. The number of likely N-dealkylation sites (tertiary alicyclic amines) is 1. The highest BCUT2D eigenvalue weighted by atomic mass is 16.2. The van der Waals surface area contributed by atoms with Crippen LogP contribution in [0.1, 0.15) is 48.6 Å². The molecule has 1 amide bonds. The molecule has 0 bridgehead atoms. The van der Waals surface area contributed by atoms with Crippen LogP contribution in [0.15, 0.2) is 24.7 Å². The maximum atomic E-state index is 12.9. The smallest absolute Gasteiger partial charge is 0.270 e. The predicted octanol–water partition coefficient (Wildman–Crippen LogP) is 2.39. The maximum absolute atomic E-state index is 12.9. The number of aryl methyl sites for hydroxylation is 1. The lowest BCUT2D eigenvalue weighted by Gasteiger charge is -2.51. The number of nitrogens with zero attached hydrogens (tertiary/aromatic N) is 4. The quantitative estimate of drug-likeness (QED) is 0.920. The number of H-pyrrole nitrogens is 1. The second kappa shape index (κ2) is 6.58.